The number of rotatable bonds is 5. The van der Waals surface area contributed by atoms with Crippen LogP contribution in [-0.4, -0.2) is 54.5 Å². The van der Waals surface area contributed by atoms with Gasteiger partial charge in [0.1, 0.15) is 6.61 Å². The highest BCUT2D eigenvalue weighted by molar-refractivity contribution is 5.85. The number of ether oxygens (including phenoxy) is 1. The van der Waals surface area contributed by atoms with E-state index in [1.807, 2.05) is 35.2 Å². The van der Waals surface area contributed by atoms with Gasteiger partial charge in [-0.25, -0.2) is 4.79 Å². The van der Waals surface area contributed by atoms with Gasteiger partial charge in [0.05, 0.1) is 0 Å². The maximum absolute atomic E-state index is 12.5. The average molecular weight is 410 g/mol. The van der Waals surface area contributed by atoms with Crippen LogP contribution in [0.15, 0.2) is 30.3 Å². The average Bonchev–Trinajstić information content (AvgIpc) is 2.73. The maximum Gasteiger partial charge on any atom is 0.410 e. The molecule has 2 aliphatic heterocycles. The summed E-state index contributed by atoms with van der Waals surface area (Å²) in [6.07, 6.45) is 4.12. The lowest BCUT2D eigenvalue weighted by Crippen LogP contribution is -2.43. The minimum atomic E-state index is -0.257. The molecular formula is C21H32ClN3O3. The summed E-state index contributed by atoms with van der Waals surface area (Å²) in [4.78, 5) is 28.5. The Balaban J connectivity index is 0.00000280. The molecule has 0 radical (unpaired) electrons. The summed E-state index contributed by atoms with van der Waals surface area (Å²) in [5, 5.41) is 0. The molecule has 0 saturated carbocycles. The molecule has 2 aliphatic rings. The van der Waals surface area contributed by atoms with Crippen molar-refractivity contribution in [2.45, 2.75) is 38.7 Å². The number of carbonyl (C=O) groups excluding carboxylic acids is 2. The molecule has 2 N–H and O–H groups in total. The lowest BCUT2D eigenvalue weighted by molar-refractivity contribution is -0.133. The number of nitrogens with two attached hydrogens (primary N) is 1. The Kier molecular flexibility index (Phi) is 9.06. The first-order chi connectivity index (χ1) is 13.2. The van der Waals surface area contributed by atoms with Crippen molar-refractivity contribution in [1.82, 2.24) is 9.80 Å². The highest BCUT2D eigenvalue weighted by atomic mass is 35.5. The number of nitrogens with zero attached hydrogens (tertiary/aromatic N) is 2. The van der Waals surface area contributed by atoms with E-state index in [9.17, 15) is 9.59 Å². The Hall–Kier alpha value is -1.79. The molecule has 0 atom stereocenters. The van der Waals surface area contributed by atoms with Gasteiger partial charge >= 0.3 is 6.09 Å². The van der Waals surface area contributed by atoms with E-state index in [2.05, 4.69) is 0 Å². The van der Waals surface area contributed by atoms with Gasteiger partial charge in [0, 0.05) is 32.6 Å². The Labute approximate surface area is 173 Å². The number of carbonyl (C=O) groups is 2. The number of halogens is 1. The first kappa shape index (κ1) is 22.5. The number of piperidine rings is 2. The zero-order valence-corrected chi connectivity index (χ0v) is 17.2. The topological polar surface area (TPSA) is 75.9 Å². The van der Waals surface area contributed by atoms with Gasteiger partial charge in [0.25, 0.3) is 0 Å². The molecule has 0 bridgehead atoms. The highest BCUT2D eigenvalue weighted by Gasteiger charge is 2.28. The lowest BCUT2D eigenvalue weighted by Gasteiger charge is -2.34. The van der Waals surface area contributed by atoms with Gasteiger partial charge in [-0.2, -0.15) is 0 Å². The summed E-state index contributed by atoms with van der Waals surface area (Å²) in [7, 11) is 0. The van der Waals surface area contributed by atoms with Crippen molar-refractivity contribution >= 4 is 24.4 Å². The van der Waals surface area contributed by atoms with Gasteiger partial charge in [-0.1, -0.05) is 30.3 Å². The third kappa shape index (κ3) is 6.38. The van der Waals surface area contributed by atoms with Gasteiger partial charge in [0.15, 0.2) is 0 Å². The molecule has 0 aliphatic carbocycles. The van der Waals surface area contributed by atoms with Crippen LogP contribution in [0, 0.1) is 11.8 Å². The van der Waals surface area contributed by atoms with Crippen LogP contribution >= 0.6 is 12.4 Å². The van der Waals surface area contributed by atoms with Crippen molar-refractivity contribution in [2.24, 2.45) is 17.6 Å². The Morgan fingerprint density at radius 2 is 1.50 bits per heavy atom. The van der Waals surface area contributed by atoms with Crippen molar-refractivity contribution in [3.05, 3.63) is 35.9 Å². The van der Waals surface area contributed by atoms with Gasteiger partial charge in [0.2, 0.25) is 5.91 Å². The monoisotopic (exact) mass is 409 g/mol. The molecule has 2 saturated heterocycles. The first-order valence-corrected chi connectivity index (χ1v) is 10.1. The number of benzene rings is 1. The third-order valence-corrected chi connectivity index (χ3v) is 5.84. The first-order valence-electron chi connectivity index (χ1n) is 10.1. The largest absolute Gasteiger partial charge is 0.445 e. The third-order valence-electron chi connectivity index (χ3n) is 5.84. The molecule has 0 aromatic heterocycles. The predicted octanol–water partition coefficient (Wildman–Crippen LogP) is 3.04. The van der Waals surface area contributed by atoms with Crippen LogP contribution in [-0.2, 0) is 16.1 Å². The van der Waals surface area contributed by atoms with Crippen LogP contribution in [0.2, 0.25) is 0 Å². The minimum Gasteiger partial charge on any atom is -0.445 e. The highest BCUT2D eigenvalue weighted by Crippen LogP contribution is 2.24. The van der Waals surface area contributed by atoms with Crippen molar-refractivity contribution < 1.29 is 14.3 Å². The van der Waals surface area contributed by atoms with Gasteiger partial charge in [-0.3, -0.25) is 4.79 Å². The number of amides is 2. The molecule has 6 nitrogen and oxygen atoms in total. The summed E-state index contributed by atoms with van der Waals surface area (Å²) in [6.45, 7) is 4.04. The molecule has 2 heterocycles. The molecule has 2 amide bonds. The SMILES string of the molecule is Cl.NCC1CCN(C(=O)CC2CCN(C(=O)OCc3ccccc3)CC2)CC1. The van der Waals surface area contributed by atoms with Crippen LogP contribution in [0.3, 0.4) is 0 Å². The van der Waals surface area contributed by atoms with Crippen LogP contribution in [0.4, 0.5) is 4.79 Å². The minimum absolute atomic E-state index is 0. The lowest BCUT2D eigenvalue weighted by atomic mass is 9.92. The summed E-state index contributed by atoms with van der Waals surface area (Å²) < 4.78 is 5.40. The fourth-order valence-electron chi connectivity index (χ4n) is 3.92. The second kappa shape index (κ2) is 11.3. The normalized spacial score (nSPS) is 18.5. The number of hydrogen-bond donors (Lipinski definition) is 1. The van der Waals surface area contributed by atoms with Gasteiger partial charge < -0.3 is 20.3 Å². The van der Waals surface area contributed by atoms with E-state index in [4.69, 9.17) is 10.5 Å². The van der Waals surface area contributed by atoms with Gasteiger partial charge in [-0.15, -0.1) is 12.4 Å². The van der Waals surface area contributed by atoms with Crippen molar-refractivity contribution in [2.75, 3.05) is 32.7 Å². The summed E-state index contributed by atoms with van der Waals surface area (Å²) >= 11 is 0. The Morgan fingerprint density at radius 3 is 2.11 bits per heavy atom. The second-order valence-corrected chi connectivity index (χ2v) is 7.73. The van der Waals surface area contributed by atoms with E-state index in [-0.39, 0.29) is 24.4 Å². The summed E-state index contributed by atoms with van der Waals surface area (Å²) in [6, 6.07) is 9.70. The van der Waals surface area contributed by atoms with Gasteiger partial charge in [-0.05, 0) is 49.6 Å². The molecule has 2 fully saturated rings. The van der Waals surface area contributed by atoms with Crippen molar-refractivity contribution in [1.29, 1.82) is 0 Å². The van der Waals surface area contributed by atoms with E-state index in [1.54, 1.807) is 4.90 Å². The molecule has 7 heteroatoms. The van der Waals surface area contributed by atoms with E-state index in [1.165, 1.54) is 0 Å². The predicted molar refractivity (Wildman–Crippen MR) is 111 cm³/mol. The van der Waals surface area contributed by atoms with Crippen LogP contribution < -0.4 is 5.73 Å². The van der Waals surface area contributed by atoms with E-state index in [0.717, 1.165) is 50.9 Å². The number of likely N-dealkylation sites (tertiary alicyclic amines) is 2. The summed E-state index contributed by atoms with van der Waals surface area (Å²) in [5.41, 5.74) is 6.71. The smallest absolute Gasteiger partial charge is 0.410 e. The Bertz CT molecular complexity index is 613. The summed E-state index contributed by atoms with van der Waals surface area (Å²) in [5.74, 6) is 1.19. The van der Waals surface area contributed by atoms with Crippen LogP contribution in [0.25, 0.3) is 0 Å². The molecule has 1 aromatic rings. The van der Waals surface area contributed by atoms with Crippen LogP contribution in [0.1, 0.15) is 37.7 Å². The van der Waals surface area contributed by atoms with E-state index < -0.39 is 0 Å². The molecule has 1 aromatic carbocycles. The molecular weight excluding hydrogens is 378 g/mol. The number of hydrogen-bond acceptors (Lipinski definition) is 4. The fourth-order valence-corrected chi connectivity index (χ4v) is 3.92. The van der Waals surface area contributed by atoms with Crippen LogP contribution in [0.5, 0.6) is 0 Å². The molecule has 28 heavy (non-hydrogen) atoms. The Morgan fingerprint density at radius 1 is 0.929 bits per heavy atom. The van der Waals surface area contributed by atoms with E-state index in [0.29, 0.717) is 38.0 Å². The van der Waals surface area contributed by atoms with Crippen molar-refractivity contribution in [3.8, 4) is 0 Å². The van der Waals surface area contributed by atoms with Crippen molar-refractivity contribution in [3.63, 3.8) is 0 Å². The fraction of sp³-hybridized carbons (Fsp3) is 0.619. The second-order valence-electron chi connectivity index (χ2n) is 7.73. The maximum atomic E-state index is 12.5. The standard InChI is InChI=1S/C21H31N3O3.ClH/c22-15-18-8-10-23(11-9-18)20(25)14-17-6-12-24(13-7-17)21(26)27-16-19-4-2-1-3-5-19;/h1-5,17-18H,6-16,22H2;1H. The molecule has 156 valence electrons. The molecule has 0 unspecified atom stereocenters. The zero-order chi connectivity index (χ0) is 19.1. The molecule has 3 rings (SSSR count). The quantitative estimate of drug-likeness (QED) is 0.810. The molecule has 0 spiro atoms. The van der Waals surface area contributed by atoms with E-state index >= 15 is 0 Å². The zero-order valence-electron chi connectivity index (χ0n) is 16.4.